The van der Waals surface area contributed by atoms with E-state index in [2.05, 4.69) is 11.0 Å². The molecule has 7 nitrogen and oxygen atoms in total. The molecule has 35 heavy (non-hydrogen) atoms. The van der Waals surface area contributed by atoms with Gasteiger partial charge in [0.05, 0.1) is 20.8 Å². The van der Waals surface area contributed by atoms with Crippen molar-refractivity contribution in [3.63, 3.8) is 0 Å². The molecule has 9 heteroatoms. The summed E-state index contributed by atoms with van der Waals surface area (Å²) >= 11 is 0. The second-order valence-corrected chi connectivity index (χ2v) is 9.45. The number of hydrogen-bond acceptors (Lipinski definition) is 7. The molecule has 2 N–H and O–H groups in total. The van der Waals surface area contributed by atoms with Crippen LogP contribution in [0.15, 0.2) is 60.1 Å². The second kappa shape index (κ2) is 9.03. The van der Waals surface area contributed by atoms with Gasteiger partial charge < -0.3 is 14.2 Å². The van der Waals surface area contributed by atoms with E-state index < -0.39 is 17.3 Å². The molecule has 5 rings (SSSR count). The van der Waals surface area contributed by atoms with Gasteiger partial charge in [-0.25, -0.2) is 13.6 Å². The van der Waals surface area contributed by atoms with Crippen LogP contribution >= 0.6 is 0 Å². The number of carbonyl (C=O) groups is 1. The predicted octanol–water partition coefficient (Wildman–Crippen LogP) is 4.62. The summed E-state index contributed by atoms with van der Waals surface area (Å²) < 4.78 is 43.6. The molecular formula is C26H29F2N3O4. The Morgan fingerprint density at radius 1 is 1.03 bits per heavy atom. The molecule has 2 fully saturated rings. The number of nitrogens with zero attached hydrogens (tertiary/aromatic N) is 1. The largest absolute Gasteiger partial charge is 0.497 e. The smallest absolute Gasteiger partial charge is 0.361 e. The van der Waals surface area contributed by atoms with E-state index in [1.54, 1.807) is 12.1 Å². The highest BCUT2D eigenvalue weighted by atomic mass is 19.3. The molecule has 2 aromatic rings. The fourth-order valence-corrected chi connectivity index (χ4v) is 5.08. The van der Waals surface area contributed by atoms with Gasteiger partial charge in [0.15, 0.2) is 5.70 Å². The summed E-state index contributed by atoms with van der Waals surface area (Å²) in [6.07, 6.45) is 2.76. The first-order valence-electron chi connectivity index (χ1n) is 11.7. The Balaban J connectivity index is 1.28. The number of carbonyl (C=O) groups excluding carboxylic acids is 1. The number of methoxy groups -OCH3 is 2. The van der Waals surface area contributed by atoms with Crippen molar-refractivity contribution in [2.45, 2.75) is 50.5 Å². The van der Waals surface area contributed by atoms with Gasteiger partial charge in [0.1, 0.15) is 11.5 Å². The summed E-state index contributed by atoms with van der Waals surface area (Å²) in [6, 6.07) is 15.2. The molecule has 2 saturated carbocycles. The second-order valence-electron chi connectivity index (χ2n) is 9.45. The molecule has 3 aliphatic rings. The number of benzene rings is 2. The van der Waals surface area contributed by atoms with Gasteiger partial charge in [-0.2, -0.15) is 0 Å². The molecule has 2 aromatic carbocycles. The molecule has 2 aliphatic carbocycles. The van der Waals surface area contributed by atoms with Gasteiger partial charge in [0.25, 0.3) is 5.92 Å². The highest BCUT2D eigenvalue weighted by Crippen LogP contribution is 2.68. The van der Waals surface area contributed by atoms with Gasteiger partial charge >= 0.3 is 5.97 Å². The Labute approximate surface area is 203 Å². The zero-order chi connectivity index (χ0) is 24.6. The molecule has 0 saturated heterocycles. The average molecular weight is 486 g/mol. The Morgan fingerprint density at radius 3 is 2.23 bits per heavy atom. The number of rotatable bonds is 7. The van der Waals surface area contributed by atoms with Crippen LogP contribution in [0.3, 0.4) is 0 Å². The minimum Gasteiger partial charge on any atom is -0.497 e. The Morgan fingerprint density at radius 2 is 1.66 bits per heavy atom. The van der Waals surface area contributed by atoms with E-state index in [4.69, 9.17) is 14.2 Å². The summed E-state index contributed by atoms with van der Waals surface area (Å²) in [7, 11) is 2.92. The van der Waals surface area contributed by atoms with E-state index in [-0.39, 0.29) is 23.9 Å². The van der Waals surface area contributed by atoms with Gasteiger partial charge in [-0.05, 0) is 67.0 Å². The molecule has 0 amide bonds. The summed E-state index contributed by atoms with van der Waals surface area (Å²) in [6.45, 7) is 0.416. The number of halogens is 2. The van der Waals surface area contributed by atoms with Crippen molar-refractivity contribution >= 4 is 5.97 Å². The van der Waals surface area contributed by atoms with Crippen molar-refractivity contribution in [1.29, 1.82) is 0 Å². The van der Waals surface area contributed by atoms with Crippen LogP contribution in [0, 0.1) is 5.41 Å². The molecule has 0 unspecified atom stereocenters. The van der Waals surface area contributed by atoms with Crippen LogP contribution in [-0.2, 0) is 16.1 Å². The van der Waals surface area contributed by atoms with E-state index in [0.29, 0.717) is 25.1 Å². The van der Waals surface area contributed by atoms with E-state index >= 15 is 0 Å². The van der Waals surface area contributed by atoms with Gasteiger partial charge in [-0.3, -0.25) is 10.4 Å². The van der Waals surface area contributed by atoms with Crippen molar-refractivity contribution < 1.29 is 27.8 Å². The van der Waals surface area contributed by atoms with E-state index in [1.807, 2.05) is 48.5 Å². The molecule has 0 bridgehead atoms. The summed E-state index contributed by atoms with van der Waals surface area (Å²) in [4.78, 5) is 12.3. The number of ether oxygens (including phenoxy) is 3. The third-order valence-electron chi connectivity index (χ3n) is 7.38. The standard InChI is InChI=1S/C26H29F2N3O4/c1-33-20-7-3-17(4-8-20)15-31-23(22(29-30-31)24(32)34-2)35-21-9-5-18(6-10-21)19-11-13-25(14-12-19)16-26(25,27)28/h3-10,19,29-30H,11-16H2,1-2H3. The summed E-state index contributed by atoms with van der Waals surface area (Å²) in [5.74, 6) is -1.16. The highest BCUT2D eigenvalue weighted by Gasteiger charge is 2.70. The Kier molecular flexibility index (Phi) is 6.04. The molecule has 1 heterocycles. The van der Waals surface area contributed by atoms with E-state index in [1.165, 1.54) is 7.11 Å². The Hall–Kier alpha value is -3.33. The number of nitrogens with one attached hydrogen (secondary N) is 2. The first-order chi connectivity index (χ1) is 16.8. The van der Waals surface area contributed by atoms with Gasteiger partial charge in [0.2, 0.25) is 5.88 Å². The molecule has 186 valence electrons. The molecule has 0 aromatic heterocycles. The van der Waals surface area contributed by atoms with Crippen LogP contribution in [0.5, 0.6) is 11.5 Å². The topological polar surface area (TPSA) is 72.1 Å². The normalized spacial score (nSPS) is 24.8. The lowest BCUT2D eigenvalue weighted by Crippen LogP contribution is -2.38. The quantitative estimate of drug-likeness (QED) is 0.555. The summed E-state index contributed by atoms with van der Waals surface area (Å²) in [5.41, 5.74) is 7.28. The molecule has 1 spiro atoms. The number of hydrogen-bond donors (Lipinski definition) is 2. The minimum atomic E-state index is -2.47. The third-order valence-corrected chi connectivity index (χ3v) is 7.38. The maximum atomic E-state index is 13.7. The first-order valence-corrected chi connectivity index (χ1v) is 11.7. The van der Waals surface area contributed by atoms with Crippen LogP contribution in [0.4, 0.5) is 8.78 Å². The fourth-order valence-electron chi connectivity index (χ4n) is 5.08. The van der Waals surface area contributed by atoms with Gasteiger partial charge in [0, 0.05) is 11.8 Å². The minimum absolute atomic E-state index is 0.0479. The molecule has 0 atom stereocenters. The lowest BCUT2D eigenvalue weighted by atomic mass is 9.76. The summed E-state index contributed by atoms with van der Waals surface area (Å²) in [5, 5.41) is 1.68. The first kappa shape index (κ1) is 23.4. The maximum Gasteiger partial charge on any atom is 0.361 e. The Bertz CT molecular complexity index is 1110. The van der Waals surface area contributed by atoms with Crippen molar-refractivity contribution in [2.24, 2.45) is 5.41 Å². The van der Waals surface area contributed by atoms with Crippen molar-refractivity contribution in [3.05, 3.63) is 71.2 Å². The van der Waals surface area contributed by atoms with Crippen LogP contribution in [0.1, 0.15) is 49.1 Å². The molecule has 1 aliphatic heterocycles. The van der Waals surface area contributed by atoms with Gasteiger partial charge in [-0.1, -0.05) is 24.3 Å². The molecular weight excluding hydrogens is 456 g/mol. The lowest BCUT2D eigenvalue weighted by Gasteiger charge is -2.29. The van der Waals surface area contributed by atoms with Crippen molar-refractivity contribution in [1.82, 2.24) is 16.0 Å². The number of alkyl halides is 2. The van der Waals surface area contributed by atoms with Crippen LogP contribution in [0.25, 0.3) is 0 Å². The molecule has 0 radical (unpaired) electrons. The lowest BCUT2D eigenvalue weighted by molar-refractivity contribution is -0.136. The zero-order valence-corrected chi connectivity index (χ0v) is 19.8. The van der Waals surface area contributed by atoms with Crippen LogP contribution in [0.2, 0.25) is 0 Å². The monoisotopic (exact) mass is 485 g/mol. The fraction of sp³-hybridized carbons (Fsp3) is 0.423. The number of hydrazine groups is 2. The van der Waals surface area contributed by atoms with Crippen molar-refractivity contribution in [3.8, 4) is 11.5 Å². The highest BCUT2D eigenvalue weighted by molar-refractivity contribution is 5.88. The zero-order valence-electron chi connectivity index (χ0n) is 19.8. The maximum absolute atomic E-state index is 13.7. The van der Waals surface area contributed by atoms with Crippen LogP contribution < -0.4 is 20.4 Å². The van der Waals surface area contributed by atoms with E-state index in [0.717, 1.165) is 29.7 Å². The number of esters is 1. The van der Waals surface area contributed by atoms with E-state index in [9.17, 15) is 13.6 Å². The van der Waals surface area contributed by atoms with Crippen molar-refractivity contribution in [2.75, 3.05) is 14.2 Å². The predicted molar refractivity (Wildman–Crippen MR) is 124 cm³/mol. The average Bonchev–Trinajstić information content (AvgIpc) is 3.18. The SMILES string of the molecule is COC(=O)C1=C(Oc2ccc(C3CCC4(CC3)CC4(F)F)cc2)N(Cc2ccc(OC)cc2)NN1. The third kappa shape index (κ3) is 4.52. The van der Waals surface area contributed by atoms with Crippen LogP contribution in [-0.4, -0.2) is 31.1 Å². The van der Waals surface area contributed by atoms with Gasteiger partial charge in [-0.15, -0.1) is 5.53 Å².